The van der Waals surface area contributed by atoms with Crippen molar-refractivity contribution in [3.05, 3.63) is 34.7 Å². The largest absolute Gasteiger partial charge is 0.343 e. The van der Waals surface area contributed by atoms with Crippen LogP contribution in [0.25, 0.3) is 5.65 Å². The van der Waals surface area contributed by atoms with Crippen molar-refractivity contribution in [1.82, 2.24) is 14.3 Å². The minimum absolute atomic E-state index is 0.0957. The SMILES string of the molecule is O=C(CCCCN1CCCC1=O)c1cnc2ccc(Br)cn12. The lowest BCUT2D eigenvalue weighted by molar-refractivity contribution is -0.127. The van der Waals surface area contributed by atoms with Gasteiger partial charge in [-0.1, -0.05) is 0 Å². The van der Waals surface area contributed by atoms with Crippen LogP contribution in [0.3, 0.4) is 0 Å². The number of aromatic nitrogens is 2. The van der Waals surface area contributed by atoms with Crippen LogP contribution in [0.4, 0.5) is 0 Å². The molecule has 1 aliphatic heterocycles. The molecule has 0 N–H and O–H groups in total. The molecule has 22 heavy (non-hydrogen) atoms. The second-order valence-corrected chi connectivity index (χ2v) is 6.50. The van der Waals surface area contributed by atoms with Gasteiger partial charge >= 0.3 is 0 Å². The first kappa shape index (κ1) is 15.2. The van der Waals surface area contributed by atoms with Crippen LogP contribution in [0, 0.1) is 0 Å². The fraction of sp³-hybridized carbons (Fsp3) is 0.438. The molecule has 0 radical (unpaired) electrons. The van der Waals surface area contributed by atoms with E-state index in [9.17, 15) is 9.59 Å². The van der Waals surface area contributed by atoms with Gasteiger partial charge in [-0.15, -0.1) is 0 Å². The summed E-state index contributed by atoms with van der Waals surface area (Å²) in [6, 6.07) is 3.78. The van der Waals surface area contributed by atoms with Crippen molar-refractivity contribution < 1.29 is 9.59 Å². The van der Waals surface area contributed by atoms with Crippen molar-refractivity contribution in [2.24, 2.45) is 0 Å². The topological polar surface area (TPSA) is 54.7 Å². The lowest BCUT2D eigenvalue weighted by Crippen LogP contribution is -2.25. The van der Waals surface area contributed by atoms with Gasteiger partial charge in [0, 0.05) is 36.6 Å². The van der Waals surface area contributed by atoms with Crippen LogP contribution in [0.1, 0.15) is 42.6 Å². The van der Waals surface area contributed by atoms with E-state index < -0.39 is 0 Å². The maximum absolute atomic E-state index is 12.3. The number of nitrogens with zero attached hydrogens (tertiary/aromatic N) is 3. The van der Waals surface area contributed by atoms with E-state index in [4.69, 9.17) is 0 Å². The van der Waals surface area contributed by atoms with Crippen LogP contribution in [-0.4, -0.2) is 39.1 Å². The number of pyridine rings is 1. The van der Waals surface area contributed by atoms with Crippen molar-refractivity contribution in [1.29, 1.82) is 0 Å². The fourth-order valence-corrected chi connectivity index (χ4v) is 3.15. The van der Waals surface area contributed by atoms with E-state index in [1.165, 1.54) is 0 Å². The summed E-state index contributed by atoms with van der Waals surface area (Å²) < 4.78 is 2.73. The second-order valence-electron chi connectivity index (χ2n) is 5.58. The maximum Gasteiger partial charge on any atom is 0.222 e. The highest BCUT2D eigenvalue weighted by Crippen LogP contribution is 2.16. The van der Waals surface area contributed by atoms with E-state index in [1.54, 1.807) is 6.20 Å². The summed E-state index contributed by atoms with van der Waals surface area (Å²) in [5.74, 6) is 0.344. The zero-order valence-corrected chi connectivity index (χ0v) is 13.9. The molecule has 0 bridgehead atoms. The summed E-state index contributed by atoms with van der Waals surface area (Å²) in [6.07, 6.45) is 7.29. The molecule has 0 spiro atoms. The van der Waals surface area contributed by atoms with Gasteiger partial charge in [-0.05, 0) is 47.3 Å². The number of Topliss-reactive ketones (excluding diaryl/α,β-unsaturated/α-hetero) is 1. The first-order valence-corrected chi connectivity index (χ1v) is 8.38. The number of imidazole rings is 1. The number of unbranched alkanes of at least 4 members (excludes halogenated alkanes) is 1. The van der Waals surface area contributed by atoms with Crippen molar-refractivity contribution in [2.75, 3.05) is 13.1 Å². The Morgan fingerprint density at radius 2 is 2.18 bits per heavy atom. The molecule has 6 heteroatoms. The summed E-state index contributed by atoms with van der Waals surface area (Å²) in [7, 11) is 0. The summed E-state index contributed by atoms with van der Waals surface area (Å²) in [5, 5.41) is 0. The number of ketones is 1. The summed E-state index contributed by atoms with van der Waals surface area (Å²) in [6.45, 7) is 1.64. The van der Waals surface area contributed by atoms with E-state index in [1.807, 2.05) is 27.6 Å². The molecule has 1 aliphatic rings. The first-order chi connectivity index (χ1) is 10.6. The van der Waals surface area contributed by atoms with Crippen LogP contribution in [0.15, 0.2) is 29.0 Å². The Morgan fingerprint density at radius 1 is 1.32 bits per heavy atom. The fourth-order valence-electron chi connectivity index (χ4n) is 2.82. The van der Waals surface area contributed by atoms with Crippen LogP contribution in [-0.2, 0) is 4.79 Å². The standard InChI is InChI=1S/C16H18BrN3O2/c17-12-6-7-15-18-10-13(20(15)11-12)14(21)4-1-2-8-19-9-3-5-16(19)22/h6-7,10-11H,1-5,8-9H2. The molecule has 2 aromatic heterocycles. The molecule has 116 valence electrons. The van der Waals surface area contributed by atoms with Crippen molar-refractivity contribution in [3.8, 4) is 0 Å². The normalized spacial score (nSPS) is 15.0. The summed E-state index contributed by atoms with van der Waals surface area (Å²) in [5.41, 5.74) is 1.39. The van der Waals surface area contributed by atoms with Gasteiger partial charge in [0.1, 0.15) is 11.3 Å². The van der Waals surface area contributed by atoms with E-state index in [0.717, 1.165) is 42.5 Å². The number of rotatable bonds is 6. The lowest BCUT2D eigenvalue weighted by atomic mass is 10.1. The minimum Gasteiger partial charge on any atom is -0.343 e. The van der Waals surface area contributed by atoms with E-state index in [-0.39, 0.29) is 11.7 Å². The van der Waals surface area contributed by atoms with Gasteiger partial charge in [0.05, 0.1) is 6.20 Å². The van der Waals surface area contributed by atoms with Gasteiger partial charge < -0.3 is 4.90 Å². The average molecular weight is 364 g/mol. The van der Waals surface area contributed by atoms with Gasteiger partial charge in [-0.3, -0.25) is 14.0 Å². The number of hydrogen-bond acceptors (Lipinski definition) is 3. The third-order valence-corrected chi connectivity index (χ3v) is 4.48. The third kappa shape index (κ3) is 3.21. The summed E-state index contributed by atoms with van der Waals surface area (Å²) in [4.78, 5) is 30.0. The number of carbonyl (C=O) groups is 2. The molecule has 1 amide bonds. The Hall–Kier alpha value is -1.69. The molecule has 1 saturated heterocycles. The van der Waals surface area contributed by atoms with Crippen LogP contribution in [0.2, 0.25) is 0 Å². The molecular formula is C16H18BrN3O2. The molecule has 0 atom stereocenters. The predicted molar refractivity (Wildman–Crippen MR) is 86.9 cm³/mol. The zero-order valence-electron chi connectivity index (χ0n) is 12.3. The molecule has 0 aliphatic carbocycles. The lowest BCUT2D eigenvalue weighted by Gasteiger charge is -2.14. The van der Waals surface area contributed by atoms with Crippen molar-refractivity contribution in [2.45, 2.75) is 32.1 Å². The smallest absolute Gasteiger partial charge is 0.222 e. The molecule has 0 unspecified atom stereocenters. The second kappa shape index (κ2) is 6.60. The highest BCUT2D eigenvalue weighted by molar-refractivity contribution is 9.10. The highest BCUT2D eigenvalue weighted by atomic mass is 79.9. The zero-order chi connectivity index (χ0) is 15.5. The quantitative estimate of drug-likeness (QED) is 0.585. The Bertz CT molecular complexity index is 710. The summed E-state index contributed by atoms with van der Waals surface area (Å²) >= 11 is 3.41. The van der Waals surface area contributed by atoms with Gasteiger partial charge in [0.25, 0.3) is 0 Å². The number of fused-ring (bicyclic) bond motifs is 1. The van der Waals surface area contributed by atoms with Crippen LogP contribution in [0.5, 0.6) is 0 Å². The molecular weight excluding hydrogens is 346 g/mol. The molecule has 2 aromatic rings. The molecule has 5 nitrogen and oxygen atoms in total. The number of carbonyl (C=O) groups excluding carboxylic acids is 2. The average Bonchev–Trinajstić information content (AvgIpc) is 3.09. The van der Waals surface area contributed by atoms with Crippen LogP contribution >= 0.6 is 15.9 Å². The van der Waals surface area contributed by atoms with E-state index >= 15 is 0 Å². The van der Waals surface area contributed by atoms with Crippen molar-refractivity contribution >= 4 is 33.3 Å². The van der Waals surface area contributed by atoms with Gasteiger partial charge in [-0.2, -0.15) is 0 Å². The molecule has 0 aromatic carbocycles. The minimum atomic E-state index is 0.0957. The van der Waals surface area contributed by atoms with Crippen molar-refractivity contribution in [3.63, 3.8) is 0 Å². The Morgan fingerprint density at radius 3 is 2.95 bits per heavy atom. The number of hydrogen-bond donors (Lipinski definition) is 0. The van der Waals surface area contributed by atoms with Gasteiger partial charge in [-0.25, -0.2) is 4.98 Å². The number of likely N-dealkylation sites (tertiary alicyclic amines) is 1. The predicted octanol–water partition coefficient (Wildman–Crippen LogP) is 3.07. The maximum atomic E-state index is 12.3. The van der Waals surface area contributed by atoms with E-state index in [2.05, 4.69) is 20.9 Å². The molecule has 0 saturated carbocycles. The molecule has 3 heterocycles. The Kier molecular flexibility index (Phi) is 4.57. The molecule has 1 fully saturated rings. The van der Waals surface area contributed by atoms with Gasteiger partial charge in [0.15, 0.2) is 5.78 Å². The highest BCUT2D eigenvalue weighted by Gasteiger charge is 2.19. The Balaban J connectivity index is 1.55. The molecule has 3 rings (SSSR count). The van der Waals surface area contributed by atoms with E-state index in [0.29, 0.717) is 18.5 Å². The Labute approximate surface area is 137 Å². The van der Waals surface area contributed by atoms with Gasteiger partial charge in [0.2, 0.25) is 5.91 Å². The monoisotopic (exact) mass is 363 g/mol. The van der Waals surface area contributed by atoms with Crippen LogP contribution < -0.4 is 0 Å². The first-order valence-electron chi connectivity index (χ1n) is 7.59. The number of amides is 1. The third-order valence-electron chi connectivity index (χ3n) is 4.01. The number of halogens is 1.